The number of aliphatic hydroxyl groups is 1. The van der Waals surface area contributed by atoms with Crippen LogP contribution >= 0.6 is 0 Å². The number of carbonyl (C=O) groups excluding carboxylic acids is 2. The Morgan fingerprint density at radius 1 is 0.927 bits per heavy atom. The summed E-state index contributed by atoms with van der Waals surface area (Å²) in [4.78, 5) is 32.4. The van der Waals surface area contributed by atoms with Crippen molar-refractivity contribution < 1.29 is 29.3 Å². The van der Waals surface area contributed by atoms with Gasteiger partial charge in [-0.15, -0.1) is 0 Å². The molecule has 4 rings (SSSR count). The number of nitrogens with zero attached hydrogens (tertiary/aromatic N) is 2. The van der Waals surface area contributed by atoms with Crippen LogP contribution in [0.25, 0.3) is 0 Å². The van der Waals surface area contributed by atoms with Gasteiger partial charge >= 0.3 is 0 Å². The molecule has 0 saturated carbocycles. The van der Waals surface area contributed by atoms with Gasteiger partial charge in [-0.25, -0.2) is 4.39 Å². The second kappa shape index (κ2) is 12.1. The first kappa shape index (κ1) is 30.4. The van der Waals surface area contributed by atoms with Crippen LogP contribution in [0.15, 0.2) is 66.7 Å². The predicted molar refractivity (Wildman–Crippen MR) is 156 cm³/mol. The summed E-state index contributed by atoms with van der Waals surface area (Å²) in [5, 5.41) is 31.2. The summed E-state index contributed by atoms with van der Waals surface area (Å²) in [6.07, 6.45) is 0. The van der Waals surface area contributed by atoms with Crippen molar-refractivity contribution in [1.29, 1.82) is 0 Å². The third kappa shape index (κ3) is 6.67. The third-order valence-corrected chi connectivity index (χ3v) is 8.25. The molecule has 0 aliphatic carbocycles. The minimum absolute atomic E-state index is 0.0518. The first-order chi connectivity index (χ1) is 19.3. The lowest BCUT2D eigenvalue weighted by molar-refractivity contribution is -0.0258. The Hall–Kier alpha value is -3.59. The van der Waals surface area contributed by atoms with E-state index in [9.17, 15) is 29.3 Å². The van der Waals surface area contributed by atoms with Gasteiger partial charge in [-0.1, -0.05) is 36.4 Å². The maximum absolute atomic E-state index is 14.9. The predicted octanol–water partition coefficient (Wildman–Crippen LogP) is 4.64. The van der Waals surface area contributed by atoms with Crippen LogP contribution in [0.5, 0.6) is 11.5 Å². The molecule has 3 N–H and O–H groups in total. The molecule has 1 heterocycles. The first-order valence-electron chi connectivity index (χ1n) is 13.8. The van der Waals surface area contributed by atoms with Gasteiger partial charge in [0.15, 0.2) is 11.6 Å². The molecule has 3 aromatic rings. The topological polar surface area (TPSA) is 101 Å². The fraction of sp³-hybridized carbons (Fsp3) is 0.394. The molecule has 1 unspecified atom stereocenters. The Balaban J connectivity index is 1.88. The number of rotatable bonds is 9. The van der Waals surface area contributed by atoms with Gasteiger partial charge < -0.3 is 25.1 Å². The Labute approximate surface area is 240 Å². The highest BCUT2D eigenvalue weighted by molar-refractivity contribution is 6.02. The molecule has 0 amide bonds. The Bertz CT molecular complexity index is 1350. The average molecular weight is 563 g/mol. The third-order valence-electron chi connectivity index (χ3n) is 8.25. The smallest absolute Gasteiger partial charge is 0.167 e. The van der Waals surface area contributed by atoms with Gasteiger partial charge in [0.1, 0.15) is 17.3 Å². The lowest BCUT2D eigenvalue weighted by atomic mass is 9.67. The van der Waals surface area contributed by atoms with E-state index in [2.05, 4.69) is 0 Å². The van der Waals surface area contributed by atoms with Crippen LogP contribution in [0, 0.1) is 24.6 Å². The summed E-state index contributed by atoms with van der Waals surface area (Å²) < 4.78 is 14.9. The number of ketones is 2. The summed E-state index contributed by atoms with van der Waals surface area (Å²) in [5.41, 5.74) is 0.469. The average Bonchev–Trinajstić information content (AvgIpc) is 2.91. The second-order valence-electron chi connectivity index (χ2n) is 11.9. The van der Waals surface area contributed by atoms with Crippen molar-refractivity contribution in [3.8, 4) is 11.5 Å². The lowest BCUT2D eigenvalue weighted by Crippen LogP contribution is -2.57. The molecule has 218 valence electrons. The lowest BCUT2D eigenvalue weighted by Gasteiger charge is -2.46. The number of halogens is 1. The van der Waals surface area contributed by atoms with Gasteiger partial charge in [0.25, 0.3) is 0 Å². The summed E-state index contributed by atoms with van der Waals surface area (Å²) >= 11 is 0. The summed E-state index contributed by atoms with van der Waals surface area (Å²) in [6.45, 7) is 6.01. The number of aromatic hydroxyl groups is 2. The van der Waals surface area contributed by atoms with Crippen molar-refractivity contribution in [2.24, 2.45) is 11.8 Å². The number of carbonyl (C=O) groups is 2. The van der Waals surface area contributed by atoms with E-state index in [1.54, 1.807) is 57.2 Å². The number of phenols is 2. The SMILES string of the molecule is Cc1c(F)cccc1C1[C@@H](C(=O)c2cccc(O)c2)CN(C[C@H](N(C)C)C(C)(C)O)C[C@H]1C(=O)c1cccc(O)c1. The molecule has 0 bridgehead atoms. The molecule has 4 atom stereocenters. The molecule has 0 aromatic heterocycles. The number of Topliss-reactive ketones (excluding diaryl/α,β-unsaturated/α-hetero) is 2. The molecule has 1 aliphatic rings. The molecule has 7 nitrogen and oxygen atoms in total. The van der Waals surface area contributed by atoms with E-state index >= 15 is 0 Å². The van der Waals surface area contributed by atoms with Gasteiger partial charge in [0, 0.05) is 48.5 Å². The molecule has 0 spiro atoms. The fourth-order valence-corrected chi connectivity index (χ4v) is 6.21. The van der Waals surface area contributed by atoms with Gasteiger partial charge in [-0.3, -0.25) is 9.59 Å². The zero-order valence-corrected chi connectivity index (χ0v) is 24.2. The highest BCUT2D eigenvalue weighted by atomic mass is 19.1. The van der Waals surface area contributed by atoms with Crippen LogP contribution in [0.1, 0.15) is 51.6 Å². The van der Waals surface area contributed by atoms with E-state index in [0.29, 0.717) is 28.8 Å². The van der Waals surface area contributed by atoms with E-state index in [4.69, 9.17) is 0 Å². The van der Waals surface area contributed by atoms with Gasteiger partial charge in [-0.05, 0) is 76.3 Å². The van der Waals surface area contributed by atoms with Crippen molar-refractivity contribution in [3.05, 3.63) is 94.8 Å². The van der Waals surface area contributed by atoms with Crippen molar-refractivity contribution in [2.45, 2.75) is 38.3 Å². The number of likely N-dealkylation sites (N-methyl/N-ethyl adjacent to an activating group) is 1. The number of hydrogen-bond acceptors (Lipinski definition) is 7. The van der Waals surface area contributed by atoms with Crippen LogP contribution in [0.2, 0.25) is 0 Å². The summed E-state index contributed by atoms with van der Waals surface area (Å²) in [7, 11) is 3.74. The zero-order valence-electron chi connectivity index (χ0n) is 24.2. The number of phenolic OH excluding ortho intramolecular Hbond substituents is 2. The maximum Gasteiger partial charge on any atom is 0.167 e. The Kier molecular flexibility index (Phi) is 8.97. The molecule has 41 heavy (non-hydrogen) atoms. The summed E-state index contributed by atoms with van der Waals surface area (Å²) in [5.74, 6) is -3.26. The van der Waals surface area contributed by atoms with E-state index < -0.39 is 29.2 Å². The van der Waals surface area contributed by atoms with Crippen molar-refractivity contribution in [1.82, 2.24) is 9.80 Å². The number of benzene rings is 3. The van der Waals surface area contributed by atoms with Crippen LogP contribution in [-0.4, -0.2) is 82.1 Å². The maximum atomic E-state index is 14.9. The highest BCUT2D eigenvalue weighted by Gasteiger charge is 2.46. The molecule has 1 saturated heterocycles. The largest absolute Gasteiger partial charge is 0.508 e. The van der Waals surface area contributed by atoms with Gasteiger partial charge in [0.2, 0.25) is 0 Å². The van der Waals surface area contributed by atoms with Crippen molar-refractivity contribution in [3.63, 3.8) is 0 Å². The minimum atomic E-state index is -1.07. The minimum Gasteiger partial charge on any atom is -0.508 e. The molecule has 8 heteroatoms. The molecule has 1 aliphatic heterocycles. The van der Waals surface area contributed by atoms with Crippen LogP contribution in [-0.2, 0) is 0 Å². The van der Waals surface area contributed by atoms with E-state index in [1.165, 1.54) is 30.3 Å². The molecule has 1 fully saturated rings. The van der Waals surface area contributed by atoms with E-state index in [-0.39, 0.29) is 42.2 Å². The first-order valence-corrected chi connectivity index (χ1v) is 13.8. The van der Waals surface area contributed by atoms with Crippen molar-refractivity contribution >= 4 is 11.6 Å². The molecule has 0 radical (unpaired) electrons. The molecule has 3 aromatic carbocycles. The Morgan fingerprint density at radius 2 is 1.41 bits per heavy atom. The number of hydrogen-bond donors (Lipinski definition) is 3. The van der Waals surface area contributed by atoms with Gasteiger partial charge in [0.05, 0.1) is 11.6 Å². The quantitative estimate of drug-likeness (QED) is 0.327. The van der Waals surface area contributed by atoms with Crippen LogP contribution in [0.4, 0.5) is 4.39 Å². The molecular weight excluding hydrogens is 523 g/mol. The fourth-order valence-electron chi connectivity index (χ4n) is 6.21. The van der Waals surface area contributed by atoms with E-state index in [0.717, 1.165) is 0 Å². The van der Waals surface area contributed by atoms with E-state index in [1.807, 2.05) is 23.9 Å². The normalized spacial score (nSPS) is 20.6. The highest BCUT2D eigenvalue weighted by Crippen LogP contribution is 2.43. The van der Waals surface area contributed by atoms with Crippen LogP contribution in [0.3, 0.4) is 0 Å². The zero-order chi connectivity index (χ0) is 30.1. The standard InChI is InChI=1S/C33H39FN2O5/c1-20-25(13-8-14-28(20)34)30-26(31(39)21-9-6-11-23(37)15-21)17-36(19-29(35(4)5)33(2,3)41)18-27(30)32(40)22-10-7-12-24(38)16-22/h6-16,26-27,29-30,37-38,41H,17-19H2,1-5H3/t26-,27+,29-,30?/m0/s1. The molecular formula is C33H39FN2O5. The van der Waals surface area contributed by atoms with Crippen LogP contribution < -0.4 is 0 Å². The van der Waals surface area contributed by atoms with Gasteiger partial charge in [-0.2, -0.15) is 0 Å². The number of piperidine rings is 1. The van der Waals surface area contributed by atoms with Crippen molar-refractivity contribution in [2.75, 3.05) is 33.7 Å². The summed E-state index contributed by atoms with van der Waals surface area (Å²) in [6, 6.07) is 16.6. The second-order valence-corrected chi connectivity index (χ2v) is 11.9. The monoisotopic (exact) mass is 562 g/mol. The Morgan fingerprint density at radius 3 is 1.85 bits per heavy atom. The number of likely N-dealkylation sites (tertiary alicyclic amines) is 1.